The van der Waals surface area contributed by atoms with Crippen molar-refractivity contribution in [2.75, 3.05) is 6.61 Å². The number of esters is 1. The molecule has 0 fully saturated rings. The highest BCUT2D eigenvalue weighted by atomic mass is 16.5. The van der Waals surface area contributed by atoms with Gasteiger partial charge in [-0.2, -0.15) is 0 Å². The summed E-state index contributed by atoms with van der Waals surface area (Å²) in [6.45, 7) is -0.201. The Labute approximate surface area is 76.0 Å². The van der Waals surface area contributed by atoms with Crippen LogP contribution in [0.15, 0.2) is 24.3 Å². The van der Waals surface area contributed by atoms with Crippen LogP contribution in [0.3, 0.4) is 0 Å². The van der Waals surface area contributed by atoms with Gasteiger partial charge in [-0.05, 0) is 12.1 Å². The summed E-state index contributed by atoms with van der Waals surface area (Å²) in [7, 11) is 0. The predicted molar refractivity (Wildman–Crippen MR) is 45.5 cm³/mol. The van der Waals surface area contributed by atoms with Crippen LogP contribution >= 0.6 is 0 Å². The largest absolute Gasteiger partial charge is 0.690 e. The molecule has 1 N–H and O–H groups in total. The van der Waals surface area contributed by atoms with Crippen molar-refractivity contribution in [1.82, 2.24) is 0 Å². The minimum Gasteiger partial charge on any atom is -0.690 e. The van der Waals surface area contributed by atoms with E-state index in [9.17, 15) is 9.90 Å². The maximum Gasteiger partial charge on any atom is 0.342 e. The Bertz CT molecular complexity index is 349. The Balaban J connectivity index is 2.78. The number of benzene rings is 1. The molecule has 0 heterocycles. The van der Waals surface area contributed by atoms with Crippen molar-refractivity contribution in [3.05, 3.63) is 36.3 Å². The number of para-hydroxylation sites is 1. The van der Waals surface area contributed by atoms with Crippen LogP contribution in [0, 0.1) is 12.3 Å². The summed E-state index contributed by atoms with van der Waals surface area (Å²) in [6, 6.07) is 6.06. The zero-order chi connectivity index (χ0) is 9.68. The number of aromatic hydroxyl groups is 1. The minimum absolute atomic E-state index is 0.0951. The topological polar surface area (TPSA) is 46.5 Å². The molecule has 0 atom stereocenters. The van der Waals surface area contributed by atoms with Gasteiger partial charge in [0.25, 0.3) is 0 Å². The van der Waals surface area contributed by atoms with Crippen molar-refractivity contribution in [2.45, 2.75) is 0 Å². The Hall–Kier alpha value is -1.95. The zero-order valence-electron chi connectivity index (χ0n) is 6.78. The highest BCUT2D eigenvalue weighted by Gasteiger charge is 2.09. The second-order valence-corrected chi connectivity index (χ2v) is 2.27. The third-order valence-corrected chi connectivity index (χ3v) is 1.40. The lowest BCUT2D eigenvalue weighted by atomic mass is 10.2. The lowest BCUT2D eigenvalue weighted by Crippen LogP contribution is -2.05. The molecule has 0 aliphatic rings. The summed E-state index contributed by atoms with van der Waals surface area (Å²) in [5.74, 6) is 1.13. The van der Waals surface area contributed by atoms with E-state index >= 15 is 0 Å². The third-order valence-electron chi connectivity index (χ3n) is 1.40. The first-order chi connectivity index (χ1) is 6.25. The van der Waals surface area contributed by atoms with Crippen molar-refractivity contribution < 1.29 is 14.6 Å². The molecule has 3 heteroatoms. The summed E-state index contributed by atoms with van der Waals surface area (Å²) in [6.07, 6.45) is 6.52. The summed E-state index contributed by atoms with van der Waals surface area (Å²) < 4.78 is 4.56. The molecular weight excluding hydrogens is 168 g/mol. The number of carbonyl (C=O) groups is 1. The van der Waals surface area contributed by atoms with Crippen molar-refractivity contribution in [2.24, 2.45) is 0 Å². The number of rotatable bonds is 2. The monoisotopic (exact) mass is 175 g/mol. The van der Waals surface area contributed by atoms with Crippen LogP contribution < -0.4 is 0 Å². The first kappa shape index (κ1) is 9.14. The van der Waals surface area contributed by atoms with Gasteiger partial charge in [0, 0.05) is 0 Å². The summed E-state index contributed by atoms with van der Waals surface area (Å²) in [5.41, 5.74) is 0.0951. The van der Waals surface area contributed by atoms with E-state index in [1.807, 2.05) is 5.92 Å². The molecule has 66 valence electrons. The molecule has 0 bridgehead atoms. The Kier molecular flexibility index (Phi) is 2.93. The van der Waals surface area contributed by atoms with Crippen molar-refractivity contribution in [1.29, 1.82) is 0 Å². The molecule has 1 aromatic rings. The number of ether oxygens (including phenoxy) is 1. The van der Waals surface area contributed by atoms with Crippen LogP contribution in [-0.4, -0.2) is 17.7 Å². The number of phenols is 1. The Morgan fingerprint density at radius 3 is 2.85 bits per heavy atom. The van der Waals surface area contributed by atoms with Crippen LogP contribution in [0.4, 0.5) is 0 Å². The van der Waals surface area contributed by atoms with E-state index in [-0.39, 0.29) is 17.9 Å². The molecule has 0 radical (unpaired) electrons. The molecule has 1 aromatic carbocycles. The molecule has 13 heavy (non-hydrogen) atoms. The number of hydrogen-bond donors (Lipinski definition) is 1. The van der Waals surface area contributed by atoms with E-state index in [4.69, 9.17) is 6.42 Å². The van der Waals surface area contributed by atoms with Crippen molar-refractivity contribution >= 4 is 5.97 Å². The van der Waals surface area contributed by atoms with Gasteiger partial charge in [-0.25, -0.2) is 4.79 Å². The van der Waals surface area contributed by atoms with Gasteiger partial charge in [0.15, 0.2) is 0 Å². The first-order valence-corrected chi connectivity index (χ1v) is 3.60. The van der Waals surface area contributed by atoms with Crippen LogP contribution in [-0.2, 0) is 4.74 Å². The number of carbonyl (C=O) groups excluding carboxylic acids is 1. The predicted octanol–water partition coefficient (Wildman–Crippen LogP) is 1.14. The van der Waals surface area contributed by atoms with Crippen LogP contribution in [0.25, 0.3) is 0 Å². The summed E-state index contributed by atoms with van der Waals surface area (Å²) in [5, 5.41) is 9.21. The molecular formula is C10H7O3-. The highest BCUT2D eigenvalue weighted by Crippen LogP contribution is 2.16. The zero-order valence-corrected chi connectivity index (χ0v) is 6.78. The second-order valence-electron chi connectivity index (χ2n) is 2.27. The molecule has 0 aliphatic carbocycles. The average molecular weight is 175 g/mol. The average Bonchev–Trinajstić information content (AvgIpc) is 2.15. The van der Waals surface area contributed by atoms with E-state index in [0.717, 1.165) is 0 Å². The highest BCUT2D eigenvalue weighted by molar-refractivity contribution is 5.92. The smallest absolute Gasteiger partial charge is 0.342 e. The van der Waals surface area contributed by atoms with Gasteiger partial charge >= 0.3 is 5.97 Å². The van der Waals surface area contributed by atoms with Crippen LogP contribution in [0.2, 0.25) is 0 Å². The quantitative estimate of drug-likeness (QED) is 0.416. The fraction of sp³-hybridized carbons (Fsp3) is 0.100. The lowest BCUT2D eigenvalue weighted by Gasteiger charge is -2.03. The number of hydrogen-bond acceptors (Lipinski definition) is 3. The molecule has 1 rings (SSSR count). The summed E-state index contributed by atoms with van der Waals surface area (Å²) >= 11 is 0. The molecule has 0 saturated carbocycles. The van der Waals surface area contributed by atoms with E-state index in [1.54, 1.807) is 12.1 Å². The van der Waals surface area contributed by atoms with Gasteiger partial charge < -0.3 is 22.2 Å². The maximum atomic E-state index is 11.1. The Morgan fingerprint density at radius 2 is 2.23 bits per heavy atom. The molecule has 3 nitrogen and oxygen atoms in total. The van der Waals surface area contributed by atoms with E-state index in [2.05, 4.69) is 4.74 Å². The van der Waals surface area contributed by atoms with Crippen LogP contribution in [0.1, 0.15) is 10.4 Å². The van der Waals surface area contributed by atoms with E-state index in [0.29, 0.717) is 0 Å². The van der Waals surface area contributed by atoms with Gasteiger partial charge in [0.2, 0.25) is 0 Å². The molecule has 0 unspecified atom stereocenters. The molecule has 0 saturated heterocycles. The molecule has 0 amide bonds. The third kappa shape index (κ3) is 2.24. The Morgan fingerprint density at radius 1 is 1.54 bits per heavy atom. The fourth-order valence-corrected chi connectivity index (χ4v) is 0.826. The summed E-state index contributed by atoms with van der Waals surface area (Å²) in [4.78, 5) is 11.1. The van der Waals surface area contributed by atoms with Crippen LogP contribution in [0.5, 0.6) is 5.75 Å². The maximum absolute atomic E-state index is 11.1. The minimum atomic E-state index is -0.655. The van der Waals surface area contributed by atoms with Gasteiger partial charge in [0.05, 0.1) is 0 Å². The molecule has 0 spiro atoms. The molecule has 0 aliphatic heterocycles. The first-order valence-electron chi connectivity index (χ1n) is 3.60. The molecule has 0 aromatic heterocycles. The normalized spacial score (nSPS) is 8.85. The van der Waals surface area contributed by atoms with Gasteiger partial charge in [-0.15, -0.1) is 0 Å². The lowest BCUT2D eigenvalue weighted by molar-refractivity contribution is 0.0553. The second kappa shape index (κ2) is 4.17. The van der Waals surface area contributed by atoms with E-state index < -0.39 is 5.97 Å². The van der Waals surface area contributed by atoms with E-state index in [1.165, 1.54) is 12.1 Å². The number of phenolic OH excluding ortho intramolecular Hbond substituents is 1. The van der Waals surface area contributed by atoms with Gasteiger partial charge in [-0.3, -0.25) is 0 Å². The van der Waals surface area contributed by atoms with Gasteiger partial charge in [-0.1, -0.05) is 12.1 Å². The standard InChI is InChI=1S/C10H7O3/c1-2-7-13-10(12)8-5-3-4-6-9(8)11/h3-6,11H,7H2/q-1. The van der Waals surface area contributed by atoms with Crippen molar-refractivity contribution in [3.63, 3.8) is 0 Å². The fourth-order valence-electron chi connectivity index (χ4n) is 0.826. The van der Waals surface area contributed by atoms with Crippen molar-refractivity contribution in [3.8, 4) is 11.7 Å². The van der Waals surface area contributed by atoms with Gasteiger partial charge in [0.1, 0.15) is 17.9 Å². The SMILES string of the molecule is [C-]#CCOC(=O)c1ccccc1O.